The molecule has 2 aromatic heterocycles. The van der Waals surface area contributed by atoms with E-state index < -0.39 is 5.67 Å². The summed E-state index contributed by atoms with van der Waals surface area (Å²) in [6, 6.07) is 15.2. The van der Waals surface area contributed by atoms with E-state index in [0.717, 1.165) is 22.0 Å². The number of nitriles is 1. The maximum atomic E-state index is 13.8. The second kappa shape index (κ2) is 7.20. The van der Waals surface area contributed by atoms with Gasteiger partial charge in [0.05, 0.1) is 17.8 Å². The minimum Gasteiger partial charge on any atom is -0.404 e. The van der Waals surface area contributed by atoms with Gasteiger partial charge in [-0.3, -0.25) is 9.98 Å². The average molecular weight is 371 g/mol. The lowest BCUT2D eigenvalue weighted by Crippen LogP contribution is -2.05. The molecule has 0 aliphatic heterocycles. The molecule has 28 heavy (non-hydrogen) atoms. The summed E-state index contributed by atoms with van der Waals surface area (Å²) < 4.78 is 13.8. The fourth-order valence-corrected chi connectivity index (χ4v) is 2.99. The molecule has 0 atom stereocenters. The van der Waals surface area contributed by atoms with E-state index in [-0.39, 0.29) is 6.54 Å². The standard InChI is InChI=1S/C22H18FN5/c23-22(7-8-22)14-26-13-17(11-24)19-6-5-18(12-25)28-21(19)16-4-3-15-2-1-9-27-20(15)10-16/h1-6,9-11,13H,7-8,14,24H2/b17-11+,26-13?. The molecule has 0 unspecified atom stereocenters. The van der Waals surface area contributed by atoms with E-state index in [1.165, 1.54) is 6.20 Å². The van der Waals surface area contributed by atoms with Gasteiger partial charge < -0.3 is 5.73 Å². The summed E-state index contributed by atoms with van der Waals surface area (Å²) in [5, 5.41) is 10.3. The van der Waals surface area contributed by atoms with Crippen LogP contribution in [0, 0.1) is 11.3 Å². The van der Waals surface area contributed by atoms with E-state index in [2.05, 4.69) is 21.0 Å². The minimum atomic E-state index is -1.16. The summed E-state index contributed by atoms with van der Waals surface area (Å²) in [7, 11) is 0. The third-order valence-electron chi connectivity index (χ3n) is 4.78. The highest BCUT2D eigenvalue weighted by Crippen LogP contribution is 2.39. The van der Waals surface area contributed by atoms with E-state index in [1.807, 2.05) is 30.3 Å². The predicted octanol–water partition coefficient (Wildman–Crippen LogP) is 4.04. The molecule has 2 N–H and O–H groups in total. The quantitative estimate of drug-likeness (QED) is 0.686. The number of hydrogen-bond donors (Lipinski definition) is 1. The summed E-state index contributed by atoms with van der Waals surface area (Å²) in [6.07, 6.45) is 5.84. The van der Waals surface area contributed by atoms with Gasteiger partial charge in [0, 0.05) is 40.7 Å². The van der Waals surface area contributed by atoms with E-state index in [1.54, 1.807) is 24.5 Å². The fourth-order valence-electron chi connectivity index (χ4n) is 2.99. The smallest absolute Gasteiger partial charge is 0.141 e. The predicted molar refractivity (Wildman–Crippen MR) is 108 cm³/mol. The molecule has 2 heterocycles. The van der Waals surface area contributed by atoms with Gasteiger partial charge in [-0.15, -0.1) is 0 Å². The SMILES string of the molecule is N#Cc1ccc(/C(C=NCC2(F)CC2)=C/N)c(-c2ccc3cccnc3c2)n1. The van der Waals surface area contributed by atoms with Crippen molar-refractivity contribution in [3.05, 3.63) is 66.1 Å². The molecule has 1 aromatic carbocycles. The second-order valence-corrected chi connectivity index (χ2v) is 6.86. The van der Waals surface area contributed by atoms with Crippen molar-refractivity contribution < 1.29 is 4.39 Å². The number of rotatable bonds is 5. The lowest BCUT2D eigenvalue weighted by atomic mass is 9.99. The van der Waals surface area contributed by atoms with Crippen LogP contribution in [0.15, 0.2) is 59.9 Å². The Balaban J connectivity index is 1.77. The first-order chi connectivity index (χ1) is 13.6. The van der Waals surface area contributed by atoms with Crippen molar-refractivity contribution in [1.29, 1.82) is 5.26 Å². The van der Waals surface area contributed by atoms with Crippen molar-refractivity contribution in [2.24, 2.45) is 10.7 Å². The summed E-state index contributed by atoms with van der Waals surface area (Å²) >= 11 is 0. The molecule has 1 saturated carbocycles. The van der Waals surface area contributed by atoms with Crippen molar-refractivity contribution in [3.8, 4) is 17.3 Å². The van der Waals surface area contributed by atoms with Crippen LogP contribution in [-0.2, 0) is 0 Å². The Morgan fingerprint density at radius 2 is 2.14 bits per heavy atom. The molecular weight excluding hydrogens is 353 g/mol. The lowest BCUT2D eigenvalue weighted by molar-refractivity contribution is 0.320. The number of alkyl halides is 1. The minimum absolute atomic E-state index is 0.128. The van der Waals surface area contributed by atoms with Crippen molar-refractivity contribution in [2.45, 2.75) is 18.5 Å². The van der Waals surface area contributed by atoms with Crippen molar-refractivity contribution in [3.63, 3.8) is 0 Å². The largest absolute Gasteiger partial charge is 0.404 e. The Kier molecular flexibility index (Phi) is 4.58. The zero-order valence-electron chi connectivity index (χ0n) is 15.1. The van der Waals surface area contributed by atoms with Crippen LogP contribution in [0.4, 0.5) is 4.39 Å². The molecule has 0 saturated heterocycles. The van der Waals surface area contributed by atoms with Gasteiger partial charge >= 0.3 is 0 Å². The normalized spacial score (nSPS) is 15.6. The van der Waals surface area contributed by atoms with Gasteiger partial charge in [-0.05, 0) is 37.1 Å². The Labute approximate surface area is 162 Å². The van der Waals surface area contributed by atoms with Gasteiger partial charge in [-0.1, -0.05) is 18.2 Å². The van der Waals surface area contributed by atoms with Crippen molar-refractivity contribution >= 4 is 22.7 Å². The fraction of sp³-hybridized carbons (Fsp3) is 0.182. The molecule has 5 nitrogen and oxygen atoms in total. The van der Waals surface area contributed by atoms with Crippen molar-refractivity contribution in [1.82, 2.24) is 9.97 Å². The highest BCUT2D eigenvalue weighted by Gasteiger charge is 2.42. The molecule has 0 amide bonds. The summed E-state index contributed by atoms with van der Waals surface area (Å²) in [5.74, 6) is 0. The zero-order chi connectivity index (χ0) is 19.6. The molecule has 6 heteroatoms. The van der Waals surface area contributed by atoms with Crippen molar-refractivity contribution in [2.75, 3.05) is 6.54 Å². The number of allylic oxidation sites excluding steroid dienone is 1. The number of nitrogens with two attached hydrogens (primary N) is 1. The second-order valence-electron chi connectivity index (χ2n) is 6.86. The maximum Gasteiger partial charge on any atom is 0.141 e. The number of nitrogens with zero attached hydrogens (tertiary/aromatic N) is 4. The third-order valence-corrected chi connectivity index (χ3v) is 4.78. The first-order valence-corrected chi connectivity index (χ1v) is 8.99. The van der Waals surface area contributed by atoms with Crippen LogP contribution >= 0.6 is 0 Å². The van der Waals surface area contributed by atoms with Gasteiger partial charge in [-0.2, -0.15) is 5.26 Å². The van der Waals surface area contributed by atoms with E-state index in [4.69, 9.17) is 5.73 Å². The van der Waals surface area contributed by atoms with Gasteiger partial charge in [0.25, 0.3) is 0 Å². The topological polar surface area (TPSA) is 88.0 Å². The van der Waals surface area contributed by atoms with Crippen LogP contribution in [0.2, 0.25) is 0 Å². The number of fused-ring (bicyclic) bond motifs is 1. The Bertz CT molecular complexity index is 1140. The molecule has 4 rings (SSSR count). The zero-order valence-corrected chi connectivity index (χ0v) is 15.1. The lowest BCUT2D eigenvalue weighted by Gasteiger charge is -2.11. The van der Waals surface area contributed by atoms with Crippen LogP contribution in [0.1, 0.15) is 24.1 Å². The Hall–Kier alpha value is -3.59. The molecule has 0 bridgehead atoms. The molecule has 0 radical (unpaired) electrons. The summed E-state index contributed by atoms with van der Waals surface area (Å²) in [6.45, 7) is 0.128. The molecular formula is C22H18FN5. The third kappa shape index (κ3) is 3.60. The van der Waals surface area contributed by atoms with Gasteiger partial charge in [-0.25, -0.2) is 9.37 Å². The first kappa shape index (κ1) is 17.8. The van der Waals surface area contributed by atoms with Gasteiger partial charge in [0.1, 0.15) is 17.4 Å². The first-order valence-electron chi connectivity index (χ1n) is 8.99. The highest BCUT2D eigenvalue weighted by atomic mass is 19.1. The molecule has 1 fully saturated rings. The average Bonchev–Trinajstić information content (AvgIpc) is 3.48. The molecule has 3 aromatic rings. The van der Waals surface area contributed by atoms with E-state index in [9.17, 15) is 9.65 Å². The van der Waals surface area contributed by atoms with Crippen LogP contribution in [0.5, 0.6) is 0 Å². The Morgan fingerprint density at radius 1 is 1.29 bits per heavy atom. The molecule has 1 aliphatic rings. The number of halogens is 1. The number of benzene rings is 1. The number of aromatic nitrogens is 2. The number of aliphatic imine (C=N–C) groups is 1. The van der Waals surface area contributed by atoms with E-state index in [0.29, 0.717) is 29.8 Å². The van der Waals surface area contributed by atoms with Crippen LogP contribution in [0.3, 0.4) is 0 Å². The van der Waals surface area contributed by atoms with Gasteiger partial charge in [0.15, 0.2) is 0 Å². The summed E-state index contributed by atoms with van der Waals surface area (Å²) in [4.78, 5) is 13.1. The Morgan fingerprint density at radius 3 is 2.89 bits per heavy atom. The number of hydrogen-bond acceptors (Lipinski definition) is 5. The molecule has 138 valence electrons. The molecule has 0 spiro atoms. The van der Waals surface area contributed by atoms with E-state index >= 15 is 0 Å². The van der Waals surface area contributed by atoms with Crippen LogP contribution < -0.4 is 5.73 Å². The van der Waals surface area contributed by atoms with Gasteiger partial charge in [0.2, 0.25) is 0 Å². The number of pyridine rings is 2. The molecule has 1 aliphatic carbocycles. The monoisotopic (exact) mass is 371 g/mol. The van der Waals surface area contributed by atoms with Crippen LogP contribution in [0.25, 0.3) is 27.7 Å². The highest BCUT2D eigenvalue weighted by molar-refractivity contribution is 6.12. The maximum absolute atomic E-state index is 13.8. The van der Waals surface area contributed by atoms with Crippen LogP contribution in [-0.4, -0.2) is 28.4 Å². The summed E-state index contributed by atoms with van der Waals surface area (Å²) in [5.41, 5.74) is 8.57.